The molecule has 0 N–H and O–H groups in total. The van der Waals surface area contributed by atoms with E-state index in [0.29, 0.717) is 10.9 Å². The molecule has 1 aliphatic rings. The number of carbonyl (C=O) groups excluding carboxylic acids is 2. The highest BCUT2D eigenvalue weighted by atomic mass is 32.2. The van der Waals surface area contributed by atoms with Gasteiger partial charge < -0.3 is 4.74 Å². The van der Waals surface area contributed by atoms with Crippen LogP contribution in [0.25, 0.3) is 6.08 Å². The van der Waals surface area contributed by atoms with Gasteiger partial charge in [0, 0.05) is 0 Å². The first-order chi connectivity index (χ1) is 10.1. The molecule has 0 saturated carbocycles. The number of benzene rings is 1. The lowest BCUT2D eigenvalue weighted by atomic mass is 10.2. The molecule has 1 heterocycles. The van der Waals surface area contributed by atoms with Crippen molar-refractivity contribution >= 4 is 34.9 Å². The lowest BCUT2D eigenvalue weighted by Crippen LogP contribution is -2.43. The Balaban J connectivity index is 2.33. The molecule has 0 radical (unpaired) electrons. The molecule has 1 aromatic carbocycles. The summed E-state index contributed by atoms with van der Waals surface area (Å²) in [6.07, 6.45) is 3.52. The fourth-order valence-electron chi connectivity index (χ4n) is 1.98. The monoisotopic (exact) mass is 304 g/mol. The summed E-state index contributed by atoms with van der Waals surface area (Å²) >= 11 is 1.32. The summed E-state index contributed by atoms with van der Waals surface area (Å²) in [5.74, 6) is -0.757. The Hall–Kier alpha value is -2.08. The van der Waals surface area contributed by atoms with Gasteiger partial charge in [0.05, 0.1) is 7.11 Å². The Morgan fingerprint density at radius 1 is 1.38 bits per heavy atom. The summed E-state index contributed by atoms with van der Waals surface area (Å²) in [5, 5.41) is 0.500. The summed E-state index contributed by atoms with van der Waals surface area (Å²) in [6, 6.07) is 8.76. The molecule has 5 nitrogen and oxygen atoms in total. The Labute approximate surface area is 127 Å². The molecule has 1 amide bonds. The zero-order chi connectivity index (χ0) is 15.4. The van der Waals surface area contributed by atoms with Crippen LogP contribution in [0.3, 0.4) is 0 Å². The number of aliphatic imine (C=N–C) groups is 1. The van der Waals surface area contributed by atoms with E-state index in [-0.39, 0.29) is 5.91 Å². The number of esters is 1. The van der Waals surface area contributed by atoms with Gasteiger partial charge in [0.2, 0.25) is 0 Å². The van der Waals surface area contributed by atoms with E-state index in [1.165, 1.54) is 23.8 Å². The van der Waals surface area contributed by atoms with E-state index < -0.39 is 12.0 Å². The molecule has 110 valence electrons. The topological polar surface area (TPSA) is 59.0 Å². The van der Waals surface area contributed by atoms with Crippen LogP contribution < -0.4 is 0 Å². The molecular formula is C15H16N2O3S. The third-order valence-corrected chi connectivity index (χ3v) is 3.73. The van der Waals surface area contributed by atoms with Crippen molar-refractivity contribution in [3.63, 3.8) is 0 Å². The highest BCUT2D eigenvalue weighted by molar-refractivity contribution is 8.13. The first-order valence-electron chi connectivity index (χ1n) is 6.39. The normalized spacial score (nSPS) is 17.9. The van der Waals surface area contributed by atoms with Crippen LogP contribution in [0.5, 0.6) is 0 Å². The third-order valence-electron chi connectivity index (χ3n) is 3.08. The Kier molecular flexibility index (Phi) is 4.80. The van der Waals surface area contributed by atoms with Crippen molar-refractivity contribution in [3.05, 3.63) is 41.6 Å². The zero-order valence-electron chi connectivity index (χ0n) is 12.1. The van der Waals surface area contributed by atoms with Crippen molar-refractivity contribution in [2.24, 2.45) is 4.99 Å². The molecule has 0 aromatic heterocycles. The molecule has 0 saturated heterocycles. The summed E-state index contributed by atoms with van der Waals surface area (Å²) in [5.41, 5.74) is 1.21. The number of nitrogens with zero attached hydrogens (tertiary/aromatic N) is 2. The van der Waals surface area contributed by atoms with Gasteiger partial charge in [-0.05, 0) is 24.8 Å². The Morgan fingerprint density at radius 2 is 2.05 bits per heavy atom. The van der Waals surface area contributed by atoms with Gasteiger partial charge in [0.1, 0.15) is 11.7 Å². The smallest absolute Gasteiger partial charge is 0.328 e. The number of amidine groups is 1. The zero-order valence-corrected chi connectivity index (χ0v) is 12.9. The first kappa shape index (κ1) is 15.3. The minimum Gasteiger partial charge on any atom is -0.467 e. The second kappa shape index (κ2) is 6.58. The molecule has 0 spiro atoms. The molecule has 2 rings (SSSR count). The highest BCUT2D eigenvalue weighted by Gasteiger charge is 2.37. The lowest BCUT2D eigenvalue weighted by Gasteiger charge is -2.22. The van der Waals surface area contributed by atoms with Gasteiger partial charge in [-0.15, -0.1) is 0 Å². The highest BCUT2D eigenvalue weighted by Crippen LogP contribution is 2.25. The molecule has 6 heteroatoms. The van der Waals surface area contributed by atoms with E-state index in [2.05, 4.69) is 4.99 Å². The quantitative estimate of drug-likeness (QED) is 0.634. The van der Waals surface area contributed by atoms with E-state index in [0.717, 1.165) is 5.56 Å². The maximum atomic E-state index is 12.5. The standard InChI is InChI=1S/C15H16N2O3S/c1-10(14(19)20-2)17-13(18)12(16-15(17)21-3)9-11-7-5-4-6-8-11/h4-10H,1-3H3/b12-9-/t10-/m1/s1. The fraction of sp³-hybridized carbons (Fsp3) is 0.267. The molecule has 0 unspecified atom stereocenters. The average Bonchev–Trinajstić information content (AvgIpc) is 2.83. The predicted molar refractivity (Wildman–Crippen MR) is 83.7 cm³/mol. The second-order valence-corrected chi connectivity index (χ2v) is 5.19. The second-order valence-electron chi connectivity index (χ2n) is 4.41. The summed E-state index contributed by atoms with van der Waals surface area (Å²) < 4.78 is 4.70. The van der Waals surface area contributed by atoms with Gasteiger partial charge in [-0.3, -0.25) is 9.69 Å². The van der Waals surface area contributed by atoms with Crippen LogP contribution in [0.4, 0.5) is 0 Å². The van der Waals surface area contributed by atoms with Crippen molar-refractivity contribution in [1.29, 1.82) is 0 Å². The SMILES string of the molecule is COC(=O)[C@@H](C)N1C(=O)/C(=C/c2ccccc2)N=C1SC. The van der Waals surface area contributed by atoms with Crippen LogP contribution in [0, 0.1) is 0 Å². The van der Waals surface area contributed by atoms with Crippen molar-refractivity contribution < 1.29 is 14.3 Å². The van der Waals surface area contributed by atoms with Gasteiger partial charge in [-0.2, -0.15) is 0 Å². The van der Waals surface area contributed by atoms with Crippen molar-refractivity contribution in [3.8, 4) is 0 Å². The van der Waals surface area contributed by atoms with Gasteiger partial charge in [-0.1, -0.05) is 42.1 Å². The molecule has 0 bridgehead atoms. The van der Waals surface area contributed by atoms with Crippen molar-refractivity contribution in [2.45, 2.75) is 13.0 Å². The number of hydrogen-bond acceptors (Lipinski definition) is 5. The van der Waals surface area contributed by atoms with Crippen molar-refractivity contribution in [1.82, 2.24) is 4.90 Å². The number of thioether (sulfide) groups is 1. The molecule has 1 aromatic rings. The number of ether oxygens (including phenoxy) is 1. The Bertz CT molecular complexity index is 611. The lowest BCUT2D eigenvalue weighted by molar-refractivity contribution is -0.147. The van der Waals surface area contributed by atoms with Crippen LogP contribution in [-0.4, -0.2) is 41.4 Å². The minimum atomic E-state index is -0.699. The largest absolute Gasteiger partial charge is 0.467 e. The number of carbonyl (C=O) groups is 2. The van der Waals surface area contributed by atoms with Crippen LogP contribution >= 0.6 is 11.8 Å². The molecule has 1 aliphatic heterocycles. The van der Waals surface area contributed by atoms with Crippen LogP contribution in [0.15, 0.2) is 41.0 Å². The van der Waals surface area contributed by atoms with E-state index in [9.17, 15) is 9.59 Å². The van der Waals surface area contributed by atoms with Gasteiger partial charge in [0.15, 0.2) is 5.17 Å². The van der Waals surface area contributed by atoms with Crippen molar-refractivity contribution in [2.75, 3.05) is 13.4 Å². The molecule has 0 fully saturated rings. The fourth-order valence-corrected chi connectivity index (χ4v) is 2.61. The molecule has 1 atom stereocenters. The number of rotatable bonds is 3. The Morgan fingerprint density at radius 3 is 2.62 bits per heavy atom. The van der Waals surface area contributed by atoms with E-state index >= 15 is 0 Å². The van der Waals surface area contributed by atoms with E-state index in [1.54, 1.807) is 13.0 Å². The third kappa shape index (κ3) is 3.16. The first-order valence-corrected chi connectivity index (χ1v) is 7.61. The van der Waals surface area contributed by atoms with Crippen LogP contribution in [0.2, 0.25) is 0 Å². The maximum Gasteiger partial charge on any atom is 0.328 e. The molecule has 21 heavy (non-hydrogen) atoms. The van der Waals surface area contributed by atoms with E-state index in [1.807, 2.05) is 36.6 Å². The summed E-state index contributed by atoms with van der Waals surface area (Å²) in [7, 11) is 1.30. The van der Waals surface area contributed by atoms with E-state index in [4.69, 9.17) is 4.74 Å². The number of amides is 1. The summed E-state index contributed by atoms with van der Waals surface area (Å²) in [4.78, 5) is 29.8. The van der Waals surface area contributed by atoms with Gasteiger partial charge in [-0.25, -0.2) is 9.79 Å². The number of methoxy groups -OCH3 is 1. The summed E-state index contributed by atoms with van der Waals surface area (Å²) in [6.45, 7) is 1.63. The molecular weight excluding hydrogens is 288 g/mol. The van der Waals surface area contributed by atoms with Crippen LogP contribution in [-0.2, 0) is 14.3 Å². The molecule has 0 aliphatic carbocycles. The predicted octanol–water partition coefficient (Wildman–Crippen LogP) is 2.15. The maximum absolute atomic E-state index is 12.5. The van der Waals surface area contributed by atoms with Gasteiger partial charge in [0.25, 0.3) is 5.91 Å². The average molecular weight is 304 g/mol. The van der Waals surface area contributed by atoms with Gasteiger partial charge >= 0.3 is 5.97 Å². The van der Waals surface area contributed by atoms with Crippen LogP contribution in [0.1, 0.15) is 12.5 Å². The minimum absolute atomic E-state index is 0.291. The number of hydrogen-bond donors (Lipinski definition) is 0.